The Kier molecular flexibility index (Phi) is 3.98. The summed E-state index contributed by atoms with van der Waals surface area (Å²) in [6.45, 7) is 0. The number of carbonyl (C=O) groups is 1. The molecular weight excluding hydrogens is 306 g/mol. The van der Waals surface area contributed by atoms with E-state index in [0.29, 0.717) is 12.1 Å². The van der Waals surface area contributed by atoms with Gasteiger partial charge in [-0.05, 0) is 12.1 Å². The second-order valence-electron chi connectivity index (χ2n) is 4.17. The predicted octanol–water partition coefficient (Wildman–Crippen LogP) is 2.67. The molecule has 9 heteroatoms. The molecule has 0 saturated heterocycles. The SMILES string of the molecule is COC(=O)c1nc(-c2ccc(C(F)(F)F)c(F)c2)cnc1N. The molecule has 0 spiro atoms. The summed E-state index contributed by atoms with van der Waals surface area (Å²) in [6, 6.07) is 2.26. The van der Waals surface area contributed by atoms with Crippen LogP contribution in [0.2, 0.25) is 0 Å². The molecule has 0 fully saturated rings. The number of nitrogens with zero attached hydrogens (tertiary/aromatic N) is 2. The van der Waals surface area contributed by atoms with Crippen molar-refractivity contribution in [1.29, 1.82) is 0 Å². The molecule has 116 valence electrons. The minimum absolute atomic E-state index is 0.0118. The number of nitrogens with two attached hydrogens (primary N) is 1. The zero-order valence-electron chi connectivity index (χ0n) is 11.1. The van der Waals surface area contributed by atoms with Crippen LogP contribution in [0, 0.1) is 5.82 Å². The molecule has 5 nitrogen and oxygen atoms in total. The van der Waals surface area contributed by atoms with E-state index in [2.05, 4.69) is 14.7 Å². The van der Waals surface area contributed by atoms with Crippen molar-refractivity contribution < 1.29 is 27.1 Å². The van der Waals surface area contributed by atoms with Gasteiger partial charge in [-0.25, -0.2) is 19.2 Å². The highest BCUT2D eigenvalue weighted by molar-refractivity contribution is 5.92. The van der Waals surface area contributed by atoms with E-state index >= 15 is 0 Å². The van der Waals surface area contributed by atoms with Crippen LogP contribution in [0.25, 0.3) is 11.3 Å². The maximum atomic E-state index is 13.6. The third kappa shape index (κ3) is 2.97. The number of anilines is 1. The van der Waals surface area contributed by atoms with Crippen molar-refractivity contribution in [2.24, 2.45) is 0 Å². The molecule has 0 saturated carbocycles. The van der Waals surface area contributed by atoms with Gasteiger partial charge in [-0.2, -0.15) is 13.2 Å². The van der Waals surface area contributed by atoms with Crippen LogP contribution in [-0.4, -0.2) is 23.0 Å². The van der Waals surface area contributed by atoms with Gasteiger partial charge in [0, 0.05) is 5.56 Å². The lowest BCUT2D eigenvalue weighted by Crippen LogP contribution is -2.11. The van der Waals surface area contributed by atoms with E-state index in [1.807, 2.05) is 0 Å². The number of aromatic nitrogens is 2. The summed E-state index contributed by atoms with van der Waals surface area (Å²) in [5, 5.41) is 0. The molecule has 1 aromatic heterocycles. The Morgan fingerprint density at radius 2 is 2.00 bits per heavy atom. The molecule has 0 bridgehead atoms. The fraction of sp³-hybridized carbons (Fsp3) is 0.154. The van der Waals surface area contributed by atoms with E-state index in [9.17, 15) is 22.4 Å². The Morgan fingerprint density at radius 1 is 1.32 bits per heavy atom. The number of carbonyl (C=O) groups excluding carboxylic acids is 1. The molecule has 2 aromatic rings. The van der Waals surface area contributed by atoms with Gasteiger partial charge in [0.05, 0.1) is 24.6 Å². The number of nitrogen functional groups attached to an aromatic ring is 1. The quantitative estimate of drug-likeness (QED) is 0.681. The number of methoxy groups -OCH3 is 1. The first-order chi connectivity index (χ1) is 10.2. The third-order valence-corrected chi connectivity index (χ3v) is 2.75. The van der Waals surface area contributed by atoms with Crippen molar-refractivity contribution in [3.05, 3.63) is 41.5 Å². The number of ether oxygens (including phenoxy) is 1. The summed E-state index contributed by atoms with van der Waals surface area (Å²) in [4.78, 5) is 19.0. The summed E-state index contributed by atoms with van der Waals surface area (Å²) in [6.07, 6.45) is -3.68. The van der Waals surface area contributed by atoms with Crippen LogP contribution in [0.15, 0.2) is 24.4 Å². The number of esters is 1. The van der Waals surface area contributed by atoms with Crippen LogP contribution in [0.4, 0.5) is 23.4 Å². The highest BCUT2D eigenvalue weighted by Gasteiger charge is 2.34. The van der Waals surface area contributed by atoms with Gasteiger partial charge in [0.15, 0.2) is 11.5 Å². The Balaban J connectivity index is 2.49. The fourth-order valence-corrected chi connectivity index (χ4v) is 1.69. The van der Waals surface area contributed by atoms with Gasteiger partial charge in [-0.1, -0.05) is 6.07 Å². The van der Waals surface area contributed by atoms with Crippen LogP contribution in [-0.2, 0) is 10.9 Å². The molecule has 22 heavy (non-hydrogen) atoms. The van der Waals surface area contributed by atoms with Crippen LogP contribution in [0.1, 0.15) is 16.1 Å². The van der Waals surface area contributed by atoms with Gasteiger partial charge in [0.25, 0.3) is 0 Å². The van der Waals surface area contributed by atoms with Crippen molar-refractivity contribution in [1.82, 2.24) is 9.97 Å². The number of hydrogen-bond acceptors (Lipinski definition) is 5. The smallest absolute Gasteiger partial charge is 0.419 e. The first-order valence-electron chi connectivity index (χ1n) is 5.82. The largest absolute Gasteiger partial charge is 0.464 e. The highest BCUT2D eigenvalue weighted by Crippen LogP contribution is 2.33. The Labute approximate surface area is 121 Å². The molecule has 2 N–H and O–H groups in total. The van der Waals surface area contributed by atoms with Crippen molar-refractivity contribution in [3.8, 4) is 11.3 Å². The van der Waals surface area contributed by atoms with E-state index in [1.54, 1.807) is 0 Å². The average molecular weight is 315 g/mol. The zero-order chi connectivity index (χ0) is 16.5. The maximum Gasteiger partial charge on any atom is 0.419 e. The predicted molar refractivity (Wildman–Crippen MR) is 68.2 cm³/mol. The summed E-state index contributed by atoms with van der Waals surface area (Å²) in [7, 11) is 1.11. The molecule has 0 aliphatic carbocycles. The molecule has 0 amide bonds. The first kappa shape index (κ1) is 15.7. The molecular formula is C13H9F4N3O2. The summed E-state index contributed by atoms with van der Waals surface area (Å²) < 4.78 is 55.5. The van der Waals surface area contributed by atoms with E-state index in [0.717, 1.165) is 19.4 Å². The topological polar surface area (TPSA) is 78.1 Å². The number of alkyl halides is 3. The fourth-order valence-electron chi connectivity index (χ4n) is 1.69. The molecule has 1 aromatic carbocycles. The van der Waals surface area contributed by atoms with Crippen molar-refractivity contribution in [3.63, 3.8) is 0 Å². The molecule has 0 atom stereocenters. The highest BCUT2D eigenvalue weighted by atomic mass is 19.4. The van der Waals surface area contributed by atoms with Crippen molar-refractivity contribution in [2.75, 3.05) is 12.8 Å². The second kappa shape index (κ2) is 5.58. The third-order valence-electron chi connectivity index (χ3n) is 2.75. The lowest BCUT2D eigenvalue weighted by molar-refractivity contribution is -0.139. The lowest BCUT2D eigenvalue weighted by atomic mass is 10.1. The molecule has 0 unspecified atom stereocenters. The second-order valence-corrected chi connectivity index (χ2v) is 4.17. The Hall–Kier alpha value is -2.71. The van der Waals surface area contributed by atoms with Gasteiger partial charge in [-0.3, -0.25) is 0 Å². The van der Waals surface area contributed by atoms with Crippen LogP contribution < -0.4 is 5.73 Å². The molecule has 0 radical (unpaired) electrons. The minimum Gasteiger partial charge on any atom is -0.464 e. The van der Waals surface area contributed by atoms with Crippen LogP contribution in [0.5, 0.6) is 0 Å². The average Bonchev–Trinajstić information content (AvgIpc) is 2.45. The van der Waals surface area contributed by atoms with E-state index in [1.165, 1.54) is 0 Å². The number of halogens is 4. The molecule has 2 rings (SSSR count). The number of rotatable bonds is 2. The Bertz CT molecular complexity index is 732. The van der Waals surface area contributed by atoms with Crippen LogP contribution >= 0.6 is 0 Å². The lowest BCUT2D eigenvalue weighted by Gasteiger charge is -2.10. The summed E-state index contributed by atoms with van der Waals surface area (Å²) in [5.41, 5.74) is 3.76. The monoisotopic (exact) mass is 315 g/mol. The van der Waals surface area contributed by atoms with Crippen molar-refractivity contribution in [2.45, 2.75) is 6.18 Å². The standard InChI is InChI=1S/C13H9F4N3O2/c1-22-12(21)10-11(18)19-5-9(20-10)6-2-3-7(8(14)4-6)13(15,16)17/h2-5H,1H3,(H2,18,19). The number of benzene rings is 1. The van der Waals surface area contributed by atoms with Gasteiger partial charge in [0.1, 0.15) is 5.82 Å². The normalized spacial score (nSPS) is 11.3. The van der Waals surface area contributed by atoms with Gasteiger partial charge >= 0.3 is 12.1 Å². The maximum absolute atomic E-state index is 13.6. The van der Waals surface area contributed by atoms with Gasteiger partial charge in [-0.15, -0.1) is 0 Å². The van der Waals surface area contributed by atoms with Gasteiger partial charge < -0.3 is 10.5 Å². The number of hydrogen-bond donors (Lipinski definition) is 1. The van der Waals surface area contributed by atoms with Gasteiger partial charge in [0.2, 0.25) is 0 Å². The van der Waals surface area contributed by atoms with E-state index in [4.69, 9.17) is 5.73 Å². The minimum atomic E-state index is -4.80. The van der Waals surface area contributed by atoms with Crippen molar-refractivity contribution >= 4 is 11.8 Å². The first-order valence-corrected chi connectivity index (χ1v) is 5.82. The van der Waals surface area contributed by atoms with Crippen LogP contribution in [0.3, 0.4) is 0 Å². The summed E-state index contributed by atoms with van der Waals surface area (Å²) in [5.74, 6) is -2.52. The Morgan fingerprint density at radius 3 is 2.55 bits per heavy atom. The molecule has 0 aliphatic rings. The molecule has 1 heterocycles. The van der Waals surface area contributed by atoms with E-state index in [-0.39, 0.29) is 22.8 Å². The zero-order valence-corrected chi connectivity index (χ0v) is 11.1. The molecule has 0 aliphatic heterocycles. The summed E-state index contributed by atoms with van der Waals surface area (Å²) >= 11 is 0. The van der Waals surface area contributed by atoms with E-state index < -0.39 is 23.5 Å².